The largest absolute Gasteiger partial charge is 0.447 e. The lowest BCUT2D eigenvalue weighted by Gasteiger charge is -2.19. The zero-order chi connectivity index (χ0) is 14.1. The molecule has 1 atom stereocenters. The summed E-state index contributed by atoms with van der Waals surface area (Å²) in [6, 6.07) is 5.11. The van der Waals surface area contributed by atoms with Crippen molar-refractivity contribution in [1.29, 1.82) is 0 Å². The number of rotatable bonds is 3. The first-order chi connectivity index (χ1) is 9.63. The van der Waals surface area contributed by atoms with E-state index in [1.54, 1.807) is 11.9 Å². The number of hydrogen-bond acceptors (Lipinski definition) is 6. The fourth-order valence-electron chi connectivity index (χ4n) is 2.06. The van der Waals surface area contributed by atoms with E-state index in [-0.39, 0.29) is 12.5 Å². The number of benzene rings is 1. The molecule has 1 aliphatic heterocycles. The van der Waals surface area contributed by atoms with Gasteiger partial charge in [-0.3, -0.25) is 4.79 Å². The highest BCUT2D eigenvalue weighted by Gasteiger charge is 2.30. The Hall–Kier alpha value is -2.22. The standard InChI is InChI=1S/C12H12N4O3S/c1-16(11(17)10-6-19-12(18)13-10)5-7-2-3-8-9(4-7)15-20-14-8/h2-4,10H,5-6H2,1H3,(H,13,18)/t10-/m0/s1. The first-order valence-electron chi connectivity index (χ1n) is 6.03. The first kappa shape index (κ1) is 12.8. The van der Waals surface area contributed by atoms with Gasteiger partial charge in [0.15, 0.2) is 0 Å². The maximum Gasteiger partial charge on any atom is 0.407 e. The summed E-state index contributed by atoms with van der Waals surface area (Å²) in [5.41, 5.74) is 2.64. The lowest BCUT2D eigenvalue weighted by molar-refractivity contribution is -0.132. The molecule has 1 aromatic heterocycles. The van der Waals surface area contributed by atoms with Crippen LogP contribution >= 0.6 is 11.7 Å². The summed E-state index contributed by atoms with van der Waals surface area (Å²) in [6.07, 6.45) is -0.549. The van der Waals surface area contributed by atoms with Crippen LogP contribution in [0.2, 0.25) is 0 Å². The number of aromatic nitrogens is 2. The van der Waals surface area contributed by atoms with Gasteiger partial charge in [0.2, 0.25) is 5.91 Å². The van der Waals surface area contributed by atoms with Gasteiger partial charge in [-0.25, -0.2) is 4.79 Å². The molecular formula is C12H12N4O3S. The van der Waals surface area contributed by atoms with Crippen LogP contribution in [0.4, 0.5) is 4.79 Å². The average Bonchev–Trinajstić information content (AvgIpc) is 3.05. The van der Waals surface area contributed by atoms with E-state index in [9.17, 15) is 9.59 Å². The molecule has 8 heteroatoms. The fourth-order valence-corrected chi connectivity index (χ4v) is 2.58. The molecule has 2 amide bonds. The molecular weight excluding hydrogens is 280 g/mol. The molecule has 7 nitrogen and oxygen atoms in total. The second-order valence-electron chi connectivity index (χ2n) is 4.58. The van der Waals surface area contributed by atoms with E-state index in [1.807, 2.05) is 18.2 Å². The zero-order valence-corrected chi connectivity index (χ0v) is 11.5. The molecule has 0 unspecified atom stereocenters. The van der Waals surface area contributed by atoms with E-state index in [4.69, 9.17) is 4.74 Å². The second kappa shape index (κ2) is 5.04. The van der Waals surface area contributed by atoms with E-state index in [1.165, 1.54) is 0 Å². The van der Waals surface area contributed by atoms with Gasteiger partial charge in [0, 0.05) is 13.6 Å². The molecule has 0 bridgehead atoms. The number of alkyl carbamates (subject to hydrolysis) is 1. The number of likely N-dealkylation sites (N-methyl/N-ethyl adjacent to an activating group) is 1. The highest BCUT2D eigenvalue weighted by molar-refractivity contribution is 7.00. The van der Waals surface area contributed by atoms with Crippen molar-refractivity contribution in [2.75, 3.05) is 13.7 Å². The van der Waals surface area contributed by atoms with Gasteiger partial charge in [-0.2, -0.15) is 8.75 Å². The molecule has 104 valence electrons. The second-order valence-corrected chi connectivity index (χ2v) is 5.11. The summed E-state index contributed by atoms with van der Waals surface area (Å²) in [5, 5.41) is 2.47. The number of cyclic esters (lactones) is 1. The monoisotopic (exact) mass is 292 g/mol. The molecule has 1 aromatic carbocycles. The number of carbonyl (C=O) groups is 2. The van der Waals surface area contributed by atoms with E-state index in [0.29, 0.717) is 6.54 Å². The van der Waals surface area contributed by atoms with Crippen LogP contribution in [0.5, 0.6) is 0 Å². The minimum Gasteiger partial charge on any atom is -0.447 e. The van der Waals surface area contributed by atoms with E-state index in [2.05, 4.69) is 14.1 Å². The molecule has 1 aliphatic rings. The number of ether oxygens (including phenoxy) is 1. The molecule has 20 heavy (non-hydrogen) atoms. The minimum atomic E-state index is -0.600. The van der Waals surface area contributed by atoms with Gasteiger partial charge in [0.1, 0.15) is 23.7 Å². The van der Waals surface area contributed by atoms with E-state index < -0.39 is 12.1 Å². The van der Waals surface area contributed by atoms with Crippen molar-refractivity contribution in [3.05, 3.63) is 23.8 Å². The van der Waals surface area contributed by atoms with Gasteiger partial charge in [0.25, 0.3) is 0 Å². The van der Waals surface area contributed by atoms with Crippen LogP contribution < -0.4 is 5.32 Å². The highest BCUT2D eigenvalue weighted by atomic mass is 32.1. The molecule has 2 heterocycles. The average molecular weight is 292 g/mol. The van der Waals surface area contributed by atoms with Crippen molar-refractivity contribution < 1.29 is 14.3 Å². The van der Waals surface area contributed by atoms with E-state index >= 15 is 0 Å². The Labute approximate surface area is 118 Å². The Morgan fingerprint density at radius 1 is 1.50 bits per heavy atom. The Kier molecular flexibility index (Phi) is 3.23. The molecule has 0 radical (unpaired) electrons. The first-order valence-corrected chi connectivity index (χ1v) is 6.76. The van der Waals surface area contributed by atoms with Crippen LogP contribution in [0, 0.1) is 0 Å². The van der Waals surface area contributed by atoms with Crippen molar-refractivity contribution in [3.8, 4) is 0 Å². The molecule has 0 aliphatic carbocycles. The predicted molar refractivity (Wildman–Crippen MR) is 72.2 cm³/mol. The number of nitrogens with one attached hydrogen (secondary N) is 1. The summed E-state index contributed by atoms with van der Waals surface area (Å²) in [6.45, 7) is 0.524. The fraction of sp³-hybridized carbons (Fsp3) is 0.333. The van der Waals surface area contributed by atoms with Crippen molar-refractivity contribution in [3.63, 3.8) is 0 Å². The van der Waals surface area contributed by atoms with Crippen molar-refractivity contribution in [2.45, 2.75) is 12.6 Å². The Bertz CT molecular complexity index is 672. The van der Waals surface area contributed by atoms with Crippen molar-refractivity contribution in [2.24, 2.45) is 0 Å². The summed E-state index contributed by atoms with van der Waals surface area (Å²) >= 11 is 1.16. The third-order valence-corrected chi connectivity index (χ3v) is 3.64. The Morgan fingerprint density at radius 3 is 3.05 bits per heavy atom. The Balaban J connectivity index is 1.69. The molecule has 3 rings (SSSR count). The van der Waals surface area contributed by atoms with Crippen LogP contribution in [0.1, 0.15) is 5.56 Å². The quantitative estimate of drug-likeness (QED) is 0.902. The van der Waals surface area contributed by atoms with Crippen molar-refractivity contribution in [1.82, 2.24) is 19.0 Å². The number of fused-ring (bicyclic) bond motifs is 1. The highest BCUT2D eigenvalue weighted by Crippen LogP contribution is 2.15. The summed E-state index contributed by atoms with van der Waals surface area (Å²) in [4.78, 5) is 24.6. The lowest BCUT2D eigenvalue weighted by Crippen LogP contribution is -2.43. The topological polar surface area (TPSA) is 84.4 Å². The summed E-state index contributed by atoms with van der Waals surface area (Å²) in [5.74, 6) is -0.174. The van der Waals surface area contributed by atoms with Crippen molar-refractivity contribution >= 4 is 34.8 Å². The number of amides is 2. The van der Waals surface area contributed by atoms with Crippen LogP contribution in [-0.2, 0) is 16.1 Å². The van der Waals surface area contributed by atoms with Crippen LogP contribution in [-0.4, -0.2) is 45.3 Å². The third kappa shape index (κ3) is 2.42. The van der Waals surface area contributed by atoms with Gasteiger partial charge >= 0.3 is 6.09 Å². The molecule has 1 N–H and O–H groups in total. The van der Waals surface area contributed by atoms with Gasteiger partial charge in [-0.15, -0.1) is 0 Å². The smallest absolute Gasteiger partial charge is 0.407 e. The molecule has 0 saturated carbocycles. The van der Waals surface area contributed by atoms with Gasteiger partial charge in [-0.05, 0) is 17.7 Å². The van der Waals surface area contributed by atoms with Gasteiger partial charge < -0.3 is 15.0 Å². The van der Waals surface area contributed by atoms with E-state index in [0.717, 1.165) is 28.3 Å². The summed E-state index contributed by atoms with van der Waals surface area (Å²) < 4.78 is 13.0. The number of hydrogen-bond donors (Lipinski definition) is 1. The Morgan fingerprint density at radius 2 is 2.30 bits per heavy atom. The lowest BCUT2D eigenvalue weighted by atomic mass is 10.2. The van der Waals surface area contributed by atoms with Crippen LogP contribution in [0.25, 0.3) is 11.0 Å². The zero-order valence-electron chi connectivity index (χ0n) is 10.7. The third-order valence-electron chi connectivity index (χ3n) is 3.09. The minimum absolute atomic E-state index is 0.0804. The van der Waals surface area contributed by atoms with Gasteiger partial charge in [0.05, 0.1) is 11.7 Å². The maximum atomic E-state index is 12.1. The molecule has 0 spiro atoms. The number of nitrogens with zero attached hydrogens (tertiary/aromatic N) is 3. The summed E-state index contributed by atoms with van der Waals surface area (Å²) in [7, 11) is 1.69. The molecule has 2 aromatic rings. The van der Waals surface area contributed by atoms with Crippen LogP contribution in [0.3, 0.4) is 0 Å². The molecule has 1 fully saturated rings. The van der Waals surface area contributed by atoms with Crippen LogP contribution in [0.15, 0.2) is 18.2 Å². The predicted octanol–water partition coefficient (Wildman–Crippen LogP) is 0.758. The maximum absolute atomic E-state index is 12.1. The van der Waals surface area contributed by atoms with Gasteiger partial charge in [-0.1, -0.05) is 6.07 Å². The SMILES string of the molecule is CN(Cc1ccc2nsnc2c1)C(=O)[C@@H]1COC(=O)N1. The molecule has 1 saturated heterocycles. The number of carbonyl (C=O) groups excluding carboxylic acids is 2. The normalized spacial score (nSPS) is 17.9.